The second kappa shape index (κ2) is 6.58. The molecule has 1 saturated heterocycles. The van der Waals surface area contributed by atoms with E-state index < -0.39 is 0 Å². The highest BCUT2D eigenvalue weighted by Gasteiger charge is 2.37. The lowest BCUT2D eigenvalue weighted by Crippen LogP contribution is -2.53. The van der Waals surface area contributed by atoms with Gasteiger partial charge in [0.1, 0.15) is 0 Å². The third-order valence-electron chi connectivity index (χ3n) is 4.15. The third kappa shape index (κ3) is 4.05. The summed E-state index contributed by atoms with van der Waals surface area (Å²) in [6, 6.07) is 7.89. The van der Waals surface area contributed by atoms with Crippen LogP contribution in [0.1, 0.15) is 32.3 Å². The summed E-state index contributed by atoms with van der Waals surface area (Å²) in [5, 5.41) is 6.48. The van der Waals surface area contributed by atoms with Crippen molar-refractivity contribution in [2.45, 2.75) is 39.3 Å². The van der Waals surface area contributed by atoms with Crippen LogP contribution >= 0.6 is 0 Å². The summed E-state index contributed by atoms with van der Waals surface area (Å²) in [7, 11) is 4.06. The van der Waals surface area contributed by atoms with E-state index in [4.69, 9.17) is 0 Å². The predicted molar refractivity (Wildman–Crippen MR) is 87.3 cm³/mol. The Balaban J connectivity index is 2.12. The van der Waals surface area contributed by atoms with E-state index in [-0.39, 0.29) is 17.4 Å². The minimum atomic E-state index is -0.126. The molecule has 1 aromatic rings. The normalized spacial score (nSPS) is 21.3. The van der Waals surface area contributed by atoms with Gasteiger partial charge in [0.05, 0.1) is 6.04 Å². The lowest BCUT2D eigenvalue weighted by molar-refractivity contribution is -0.121. The van der Waals surface area contributed by atoms with Crippen molar-refractivity contribution in [2.24, 2.45) is 5.41 Å². The summed E-state index contributed by atoms with van der Waals surface area (Å²) >= 11 is 0. The van der Waals surface area contributed by atoms with E-state index in [2.05, 4.69) is 35.4 Å². The second-order valence-corrected chi connectivity index (χ2v) is 6.86. The molecule has 1 aliphatic heterocycles. The molecule has 0 aliphatic carbocycles. The number of hydrogen-bond donors (Lipinski definition) is 2. The van der Waals surface area contributed by atoms with Crippen molar-refractivity contribution in [3.8, 4) is 0 Å². The van der Waals surface area contributed by atoms with Crippen molar-refractivity contribution in [3.63, 3.8) is 0 Å². The second-order valence-electron chi connectivity index (χ2n) is 6.86. The van der Waals surface area contributed by atoms with Gasteiger partial charge in [0.25, 0.3) is 0 Å². The van der Waals surface area contributed by atoms with Crippen LogP contribution in [-0.4, -0.2) is 37.5 Å². The van der Waals surface area contributed by atoms with Crippen LogP contribution in [-0.2, 0) is 11.3 Å². The van der Waals surface area contributed by atoms with Gasteiger partial charge in [-0.3, -0.25) is 4.79 Å². The van der Waals surface area contributed by atoms with E-state index in [1.807, 2.05) is 32.3 Å². The van der Waals surface area contributed by atoms with Crippen LogP contribution < -0.4 is 10.6 Å². The fourth-order valence-corrected chi connectivity index (χ4v) is 2.98. The summed E-state index contributed by atoms with van der Waals surface area (Å²) in [6.07, 6.45) is 2.21. The van der Waals surface area contributed by atoms with Gasteiger partial charge in [0.15, 0.2) is 0 Å². The SMILES string of the molecule is CN(C)Cc1ccccc1NC(=O)C1NCCCC1(C)C. The first-order chi connectivity index (χ1) is 9.90. The fraction of sp³-hybridized carbons (Fsp3) is 0.588. The summed E-state index contributed by atoms with van der Waals surface area (Å²) in [5.74, 6) is 0.0749. The summed E-state index contributed by atoms with van der Waals surface area (Å²) < 4.78 is 0. The van der Waals surface area contributed by atoms with Crippen LogP contribution in [0.2, 0.25) is 0 Å². The average molecular weight is 289 g/mol. The van der Waals surface area contributed by atoms with Gasteiger partial charge in [-0.2, -0.15) is 0 Å². The molecule has 2 rings (SSSR count). The van der Waals surface area contributed by atoms with Crippen LogP contribution in [0.15, 0.2) is 24.3 Å². The molecule has 1 fully saturated rings. The number of carbonyl (C=O) groups excluding carboxylic acids is 1. The molecule has 21 heavy (non-hydrogen) atoms. The Kier molecular flexibility index (Phi) is 5.01. The number of piperidine rings is 1. The molecule has 1 heterocycles. The Morgan fingerprint density at radius 1 is 1.38 bits per heavy atom. The van der Waals surface area contributed by atoms with Gasteiger partial charge >= 0.3 is 0 Å². The minimum absolute atomic E-state index is 0.00117. The smallest absolute Gasteiger partial charge is 0.242 e. The van der Waals surface area contributed by atoms with Crippen LogP contribution in [0.25, 0.3) is 0 Å². The van der Waals surface area contributed by atoms with Gasteiger partial charge in [-0.15, -0.1) is 0 Å². The Hall–Kier alpha value is -1.39. The predicted octanol–water partition coefficient (Wildman–Crippen LogP) is 2.46. The lowest BCUT2D eigenvalue weighted by Gasteiger charge is -2.38. The number of nitrogens with one attached hydrogen (secondary N) is 2. The Morgan fingerprint density at radius 2 is 2.10 bits per heavy atom. The van der Waals surface area contributed by atoms with E-state index in [1.54, 1.807) is 0 Å². The fourth-order valence-electron chi connectivity index (χ4n) is 2.98. The number of carbonyl (C=O) groups is 1. The van der Waals surface area contributed by atoms with E-state index in [9.17, 15) is 4.79 Å². The largest absolute Gasteiger partial charge is 0.324 e. The number of rotatable bonds is 4. The van der Waals surface area contributed by atoms with Gasteiger partial charge in [-0.05, 0) is 50.5 Å². The zero-order valence-electron chi connectivity index (χ0n) is 13.6. The van der Waals surface area contributed by atoms with Crippen molar-refractivity contribution in [3.05, 3.63) is 29.8 Å². The van der Waals surface area contributed by atoms with Gasteiger partial charge < -0.3 is 15.5 Å². The highest BCUT2D eigenvalue weighted by Crippen LogP contribution is 2.31. The quantitative estimate of drug-likeness (QED) is 0.895. The number of hydrogen-bond acceptors (Lipinski definition) is 3. The molecular formula is C17H27N3O. The summed E-state index contributed by atoms with van der Waals surface area (Å²) in [5.41, 5.74) is 2.06. The molecule has 1 aromatic carbocycles. The topological polar surface area (TPSA) is 44.4 Å². The van der Waals surface area contributed by atoms with Crippen LogP contribution in [0, 0.1) is 5.41 Å². The van der Waals surface area contributed by atoms with Gasteiger partial charge in [-0.1, -0.05) is 32.0 Å². The Labute approximate surface area is 127 Å². The molecule has 1 aliphatic rings. The highest BCUT2D eigenvalue weighted by atomic mass is 16.2. The molecular weight excluding hydrogens is 262 g/mol. The van der Waals surface area contributed by atoms with E-state index >= 15 is 0 Å². The van der Waals surface area contributed by atoms with Gasteiger partial charge in [0.2, 0.25) is 5.91 Å². The third-order valence-corrected chi connectivity index (χ3v) is 4.15. The highest BCUT2D eigenvalue weighted by molar-refractivity contribution is 5.96. The molecule has 0 bridgehead atoms. The number of nitrogens with zero attached hydrogens (tertiary/aromatic N) is 1. The monoisotopic (exact) mass is 289 g/mol. The molecule has 2 N–H and O–H groups in total. The first kappa shape index (κ1) is 16.0. The Morgan fingerprint density at radius 3 is 2.76 bits per heavy atom. The maximum Gasteiger partial charge on any atom is 0.242 e. The lowest BCUT2D eigenvalue weighted by atomic mass is 9.77. The maximum absolute atomic E-state index is 12.6. The van der Waals surface area contributed by atoms with Crippen molar-refractivity contribution in [2.75, 3.05) is 26.0 Å². The van der Waals surface area contributed by atoms with Crippen molar-refractivity contribution >= 4 is 11.6 Å². The molecule has 0 spiro atoms. The summed E-state index contributed by atoms with van der Waals surface area (Å²) in [6.45, 7) is 6.06. The maximum atomic E-state index is 12.6. The molecule has 0 saturated carbocycles. The number of benzene rings is 1. The molecule has 1 amide bonds. The van der Waals surface area contributed by atoms with Crippen molar-refractivity contribution in [1.29, 1.82) is 0 Å². The van der Waals surface area contributed by atoms with E-state index in [1.165, 1.54) is 0 Å². The molecule has 4 heteroatoms. The number of anilines is 1. The average Bonchev–Trinajstić information content (AvgIpc) is 2.39. The molecule has 0 radical (unpaired) electrons. The van der Waals surface area contributed by atoms with Gasteiger partial charge in [0, 0.05) is 12.2 Å². The molecule has 4 nitrogen and oxygen atoms in total. The zero-order chi connectivity index (χ0) is 15.5. The molecule has 1 atom stereocenters. The van der Waals surface area contributed by atoms with Gasteiger partial charge in [-0.25, -0.2) is 0 Å². The van der Waals surface area contributed by atoms with E-state index in [0.29, 0.717) is 0 Å². The van der Waals surface area contributed by atoms with Crippen LogP contribution in [0.5, 0.6) is 0 Å². The number of amides is 1. The number of para-hydroxylation sites is 1. The van der Waals surface area contributed by atoms with Crippen LogP contribution in [0.4, 0.5) is 5.69 Å². The zero-order valence-corrected chi connectivity index (χ0v) is 13.6. The van der Waals surface area contributed by atoms with Crippen molar-refractivity contribution in [1.82, 2.24) is 10.2 Å². The van der Waals surface area contributed by atoms with E-state index in [0.717, 1.165) is 37.2 Å². The Bertz CT molecular complexity index is 497. The molecule has 116 valence electrons. The first-order valence-corrected chi connectivity index (χ1v) is 7.67. The minimum Gasteiger partial charge on any atom is -0.324 e. The molecule has 0 aromatic heterocycles. The standard InChI is InChI=1S/C17H27N3O/c1-17(2)10-7-11-18-15(17)16(21)19-14-9-6-5-8-13(14)12-20(3)4/h5-6,8-9,15,18H,7,10-12H2,1-4H3,(H,19,21). The first-order valence-electron chi connectivity index (χ1n) is 7.67. The van der Waals surface area contributed by atoms with Crippen LogP contribution in [0.3, 0.4) is 0 Å². The van der Waals surface area contributed by atoms with Crippen molar-refractivity contribution < 1.29 is 4.79 Å². The summed E-state index contributed by atoms with van der Waals surface area (Å²) in [4.78, 5) is 14.7. The molecule has 1 unspecified atom stereocenters.